The Morgan fingerprint density at radius 2 is 2.25 bits per heavy atom. The Balaban J connectivity index is 3.00. The molecule has 1 unspecified atom stereocenters. The van der Waals surface area contributed by atoms with Gasteiger partial charge in [-0.05, 0) is 19.1 Å². The molecule has 3 N–H and O–H groups in total. The molecule has 4 nitrogen and oxygen atoms in total. The van der Waals surface area contributed by atoms with Gasteiger partial charge in [0.2, 0.25) is 0 Å². The Bertz CT molecular complexity index is 314. The lowest BCUT2D eigenvalue weighted by atomic mass is 10.2. The topological polar surface area (TPSA) is 72.5 Å². The highest BCUT2D eigenvalue weighted by atomic mass is 31.1. The van der Waals surface area contributed by atoms with Crippen LogP contribution in [0.15, 0.2) is 18.2 Å². The zero-order valence-corrected chi connectivity index (χ0v) is 7.57. The monoisotopic (exact) mass is 187 g/mol. The Labute approximate surface area is 70.9 Å². The maximum absolute atomic E-state index is 10.4. The van der Waals surface area contributed by atoms with E-state index in [2.05, 4.69) is 4.52 Å². The largest absolute Gasteiger partial charge is 0.426 e. The SMILES string of the molecule is Cc1c(N)cccc1O[PH](=O)O. The fourth-order valence-electron chi connectivity index (χ4n) is 0.836. The van der Waals surface area contributed by atoms with Crippen LogP contribution in [0.5, 0.6) is 5.75 Å². The molecule has 5 heteroatoms. The molecule has 0 aromatic heterocycles. The first-order valence-electron chi connectivity index (χ1n) is 3.37. The lowest BCUT2D eigenvalue weighted by Crippen LogP contribution is -1.91. The number of nitrogen functional groups attached to an aromatic ring is 1. The van der Waals surface area contributed by atoms with Gasteiger partial charge in [-0.2, -0.15) is 0 Å². The second kappa shape index (κ2) is 3.61. The van der Waals surface area contributed by atoms with Crippen LogP contribution in [-0.4, -0.2) is 4.89 Å². The number of anilines is 1. The van der Waals surface area contributed by atoms with Crippen molar-refractivity contribution in [2.24, 2.45) is 0 Å². The molecule has 1 rings (SSSR count). The highest BCUT2D eigenvalue weighted by Gasteiger charge is 2.03. The van der Waals surface area contributed by atoms with Crippen LogP contribution in [0.3, 0.4) is 0 Å². The molecule has 1 aromatic rings. The molecule has 0 fully saturated rings. The molecule has 0 saturated heterocycles. The van der Waals surface area contributed by atoms with E-state index in [0.717, 1.165) is 0 Å². The molecule has 0 aliphatic rings. The van der Waals surface area contributed by atoms with Crippen LogP contribution < -0.4 is 10.3 Å². The van der Waals surface area contributed by atoms with Crippen LogP contribution in [-0.2, 0) is 4.57 Å². The molecule has 0 saturated carbocycles. The van der Waals surface area contributed by atoms with Crippen LogP contribution in [0.1, 0.15) is 5.56 Å². The van der Waals surface area contributed by atoms with Crippen molar-refractivity contribution < 1.29 is 14.0 Å². The minimum atomic E-state index is -2.93. The highest BCUT2D eigenvalue weighted by Crippen LogP contribution is 2.29. The molecule has 0 aliphatic carbocycles. The van der Waals surface area contributed by atoms with E-state index >= 15 is 0 Å². The molecule has 0 radical (unpaired) electrons. The smallest absolute Gasteiger partial charge is 0.365 e. The molecule has 1 atom stereocenters. The van der Waals surface area contributed by atoms with Gasteiger partial charge in [-0.1, -0.05) is 6.07 Å². The van der Waals surface area contributed by atoms with Gasteiger partial charge in [0.1, 0.15) is 5.75 Å². The van der Waals surface area contributed by atoms with E-state index in [4.69, 9.17) is 10.6 Å². The molecule has 0 spiro atoms. The van der Waals surface area contributed by atoms with Gasteiger partial charge in [-0.25, -0.2) is 4.57 Å². The van der Waals surface area contributed by atoms with E-state index in [9.17, 15) is 4.57 Å². The van der Waals surface area contributed by atoms with Crippen LogP contribution in [0.2, 0.25) is 0 Å². The van der Waals surface area contributed by atoms with Crippen molar-refractivity contribution >= 4 is 13.9 Å². The van der Waals surface area contributed by atoms with Gasteiger partial charge in [0, 0.05) is 11.3 Å². The predicted molar refractivity (Wildman–Crippen MR) is 47.4 cm³/mol. The standard InChI is InChI=1S/C7H10NO3P/c1-5-6(8)3-2-4-7(5)11-12(9)10/h2-4,12H,8H2,1H3,(H,9,10). The summed E-state index contributed by atoms with van der Waals surface area (Å²) < 4.78 is 15.0. The zero-order valence-electron chi connectivity index (χ0n) is 6.57. The Morgan fingerprint density at radius 1 is 1.58 bits per heavy atom. The third-order valence-electron chi connectivity index (χ3n) is 1.52. The molecule has 0 bridgehead atoms. The van der Waals surface area contributed by atoms with Crippen LogP contribution in [0, 0.1) is 6.92 Å². The number of rotatable bonds is 2. The molecule has 1 aromatic carbocycles. The Morgan fingerprint density at radius 3 is 2.83 bits per heavy atom. The molecular weight excluding hydrogens is 177 g/mol. The van der Waals surface area contributed by atoms with Crippen molar-refractivity contribution in [3.05, 3.63) is 23.8 Å². The van der Waals surface area contributed by atoms with Gasteiger partial charge in [0.25, 0.3) is 0 Å². The zero-order chi connectivity index (χ0) is 9.14. The fraction of sp³-hybridized carbons (Fsp3) is 0.143. The number of hydrogen-bond acceptors (Lipinski definition) is 3. The second-order valence-electron chi connectivity index (χ2n) is 2.34. The summed E-state index contributed by atoms with van der Waals surface area (Å²) in [4.78, 5) is 8.50. The van der Waals surface area contributed by atoms with E-state index in [1.54, 1.807) is 25.1 Å². The maximum Gasteiger partial charge on any atom is 0.365 e. The van der Waals surface area contributed by atoms with E-state index in [0.29, 0.717) is 17.0 Å². The van der Waals surface area contributed by atoms with Gasteiger partial charge in [-0.15, -0.1) is 0 Å². The van der Waals surface area contributed by atoms with Crippen molar-refractivity contribution in [3.63, 3.8) is 0 Å². The van der Waals surface area contributed by atoms with Gasteiger partial charge >= 0.3 is 8.25 Å². The molecule has 0 amide bonds. The summed E-state index contributed by atoms with van der Waals surface area (Å²) >= 11 is 0. The minimum absolute atomic E-state index is 0.362. The quantitative estimate of drug-likeness (QED) is 0.541. The molecule has 12 heavy (non-hydrogen) atoms. The van der Waals surface area contributed by atoms with E-state index in [-0.39, 0.29) is 0 Å². The van der Waals surface area contributed by atoms with Crippen LogP contribution in [0.25, 0.3) is 0 Å². The summed E-state index contributed by atoms with van der Waals surface area (Å²) in [5.74, 6) is 0.362. The first-order chi connectivity index (χ1) is 5.61. The Hall–Kier alpha value is -0.990. The van der Waals surface area contributed by atoms with E-state index in [1.165, 1.54) is 0 Å². The summed E-state index contributed by atoms with van der Waals surface area (Å²) in [7, 11) is -2.93. The van der Waals surface area contributed by atoms with Crippen molar-refractivity contribution in [3.8, 4) is 5.75 Å². The summed E-state index contributed by atoms with van der Waals surface area (Å²) in [6.45, 7) is 1.73. The van der Waals surface area contributed by atoms with Crippen LogP contribution in [0.4, 0.5) is 5.69 Å². The van der Waals surface area contributed by atoms with Gasteiger partial charge in [0.15, 0.2) is 0 Å². The number of nitrogens with two attached hydrogens (primary N) is 1. The van der Waals surface area contributed by atoms with Crippen molar-refractivity contribution in [2.75, 3.05) is 5.73 Å². The normalized spacial score (nSPS) is 12.5. The van der Waals surface area contributed by atoms with Gasteiger partial charge in [0.05, 0.1) is 0 Å². The van der Waals surface area contributed by atoms with E-state index in [1.807, 2.05) is 0 Å². The van der Waals surface area contributed by atoms with Crippen molar-refractivity contribution in [1.82, 2.24) is 0 Å². The molecule has 0 aliphatic heterocycles. The molecule has 66 valence electrons. The molecular formula is C7H10NO3P. The third kappa shape index (κ3) is 2.00. The Kier molecular flexibility index (Phi) is 2.74. The lowest BCUT2D eigenvalue weighted by molar-refractivity contribution is 0.409. The average Bonchev–Trinajstić information content (AvgIpc) is 1.98. The second-order valence-corrected chi connectivity index (χ2v) is 3.07. The summed E-state index contributed by atoms with van der Waals surface area (Å²) in [6, 6.07) is 4.98. The van der Waals surface area contributed by atoms with Gasteiger partial charge in [-0.3, -0.25) is 0 Å². The maximum atomic E-state index is 10.4. The first-order valence-corrected chi connectivity index (χ1v) is 4.63. The summed E-state index contributed by atoms with van der Waals surface area (Å²) in [5, 5.41) is 0. The van der Waals surface area contributed by atoms with Crippen molar-refractivity contribution in [1.29, 1.82) is 0 Å². The first kappa shape index (κ1) is 9.10. The molecule has 0 heterocycles. The highest BCUT2D eigenvalue weighted by molar-refractivity contribution is 7.32. The number of hydrogen-bond donors (Lipinski definition) is 2. The lowest BCUT2D eigenvalue weighted by Gasteiger charge is -2.06. The third-order valence-corrected chi connectivity index (χ3v) is 1.92. The van der Waals surface area contributed by atoms with E-state index < -0.39 is 8.25 Å². The average molecular weight is 187 g/mol. The summed E-state index contributed by atoms with van der Waals surface area (Å²) in [6.07, 6.45) is 0. The minimum Gasteiger partial charge on any atom is -0.426 e. The summed E-state index contributed by atoms with van der Waals surface area (Å²) in [5.41, 5.74) is 6.78. The fourth-order valence-corrected chi connectivity index (χ4v) is 1.25. The number of benzene rings is 1. The predicted octanol–water partition coefficient (Wildman–Crippen LogP) is 1.34. The van der Waals surface area contributed by atoms with Gasteiger partial charge < -0.3 is 15.2 Å². The van der Waals surface area contributed by atoms with Crippen molar-refractivity contribution in [2.45, 2.75) is 6.92 Å². The van der Waals surface area contributed by atoms with Crippen LogP contribution >= 0.6 is 8.25 Å².